The van der Waals surface area contributed by atoms with Gasteiger partial charge in [-0.2, -0.15) is 5.26 Å². The topological polar surface area (TPSA) is 28.2 Å². The monoisotopic (exact) mass is 234 g/mol. The molecule has 0 atom stereocenters. The molecule has 0 aliphatic carbocycles. The molecular weight excluding hydrogens is 228 g/mol. The second-order valence-electron chi connectivity index (χ2n) is 2.94. The highest BCUT2D eigenvalue weighted by molar-refractivity contribution is 9.10. The van der Waals surface area contributed by atoms with Crippen LogP contribution in [-0.2, 0) is 0 Å². The summed E-state index contributed by atoms with van der Waals surface area (Å²) in [7, 11) is 0. The summed E-state index contributed by atoms with van der Waals surface area (Å²) in [5, 5.41) is 8.90. The van der Waals surface area contributed by atoms with E-state index in [0.29, 0.717) is 0 Å². The SMILES string of the molecule is Cc1cn2cc(Br)ccc2c1C#N. The van der Waals surface area contributed by atoms with Crippen molar-refractivity contribution in [1.29, 1.82) is 5.26 Å². The van der Waals surface area contributed by atoms with Crippen LogP contribution in [0.4, 0.5) is 0 Å². The first-order valence-corrected chi connectivity index (χ1v) is 4.68. The summed E-state index contributed by atoms with van der Waals surface area (Å²) in [5.41, 5.74) is 2.73. The van der Waals surface area contributed by atoms with Gasteiger partial charge in [-0.1, -0.05) is 0 Å². The minimum Gasteiger partial charge on any atom is -0.321 e. The molecule has 0 radical (unpaired) electrons. The Labute approximate surface area is 84.5 Å². The normalized spacial score (nSPS) is 10.2. The third-order valence-corrected chi connectivity index (χ3v) is 2.51. The van der Waals surface area contributed by atoms with Gasteiger partial charge in [-0.05, 0) is 40.5 Å². The lowest BCUT2D eigenvalue weighted by atomic mass is 10.2. The standard InChI is InChI=1S/C10H7BrN2/c1-7-5-13-6-8(11)2-3-10(13)9(7)4-12/h2-3,5-6H,1H3. The number of halogens is 1. The first-order valence-electron chi connectivity index (χ1n) is 3.89. The molecule has 2 aromatic rings. The lowest BCUT2D eigenvalue weighted by Crippen LogP contribution is -1.81. The van der Waals surface area contributed by atoms with Crippen molar-refractivity contribution < 1.29 is 0 Å². The van der Waals surface area contributed by atoms with E-state index in [9.17, 15) is 0 Å². The Bertz CT molecular complexity index is 505. The van der Waals surface area contributed by atoms with Crippen molar-refractivity contribution in [3.8, 4) is 6.07 Å². The highest BCUT2D eigenvalue weighted by atomic mass is 79.9. The zero-order valence-electron chi connectivity index (χ0n) is 7.08. The Morgan fingerprint density at radius 3 is 2.85 bits per heavy atom. The van der Waals surface area contributed by atoms with Gasteiger partial charge < -0.3 is 4.40 Å². The van der Waals surface area contributed by atoms with Crippen LogP contribution in [0, 0.1) is 18.3 Å². The third kappa shape index (κ3) is 1.24. The minimum absolute atomic E-state index is 0.757. The van der Waals surface area contributed by atoms with Crippen LogP contribution in [0.3, 0.4) is 0 Å². The molecule has 0 fully saturated rings. The van der Waals surface area contributed by atoms with Crippen molar-refractivity contribution in [3.05, 3.63) is 40.1 Å². The van der Waals surface area contributed by atoms with Gasteiger partial charge in [0.25, 0.3) is 0 Å². The highest BCUT2D eigenvalue weighted by Crippen LogP contribution is 2.19. The second-order valence-corrected chi connectivity index (χ2v) is 3.85. The summed E-state index contributed by atoms with van der Waals surface area (Å²) in [6.07, 6.45) is 3.90. The number of rotatable bonds is 0. The van der Waals surface area contributed by atoms with Crippen molar-refractivity contribution in [1.82, 2.24) is 4.40 Å². The Morgan fingerprint density at radius 1 is 1.38 bits per heavy atom. The average Bonchev–Trinajstić information content (AvgIpc) is 2.39. The second kappa shape index (κ2) is 2.90. The van der Waals surface area contributed by atoms with E-state index in [0.717, 1.165) is 21.1 Å². The molecule has 0 saturated heterocycles. The Kier molecular flexibility index (Phi) is 1.86. The van der Waals surface area contributed by atoms with Gasteiger partial charge in [-0.25, -0.2) is 0 Å². The molecule has 13 heavy (non-hydrogen) atoms. The molecule has 0 aliphatic rings. The number of pyridine rings is 1. The average molecular weight is 235 g/mol. The van der Waals surface area contributed by atoms with Crippen LogP contribution in [0.1, 0.15) is 11.1 Å². The quantitative estimate of drug-likeness (QED) is 0.689. The van der Waals surface area contributed by atoms with Gasteiger partial charge in [0.05, 0.1) is 11.1 Å². The number of aryl methyl sites for hydroxylation is 1. The Morgan fingerprint density at radius 2 is 2.15 bits per heavy atom. The van der Waals surface area contributed by atoms with E-state index in [-0.39, 0.29) is 0 Å². The lowest BCUT2D eigenvalue weighted by Gasteiger charge is -1.94. The van der Waals surface area contributed by atoms with Crippen LogP contribution in [0.25, 0.3) is 5.52 Å². The van der Waals surface area contributed by atoms with E-state index in [2.05, 4.69) is 22.0 Å². The van der Waals surface area contributed by atoms with E-state index in [1.54, 1.807) is 0 Å². The van der Waals surface area contributed by atoms with Crippen molar-refractivity contribution in [2.75, 3.05) is 0 Å². The van der Waals surface area contributed by atoms with Gasteiger partial charge in [-0.15, -0.1) is 0 Å². The molecule has 0 amide bonds. The molecule has 0 N–H and O–H groups in total. The van der Waals surface area contributed by atoms with Crippen molar-refractivity contribution >= 4 is 21.4 Å². The molecule has 0 bridgehead atoms. The van der Waals surface area contributed by atoms with E-state index < -0.39 is 0 Å². The van der Waals surface area contributed by atoms with Gasteiger partial charge >= 0.3 is 0 Å². The van der Waals surface area contributed by atoms with Crippen molar-refractivity contribution in [3.63, 3.8) is 0 Å². The van der Waals surface area contributed by atoms with Gasteiger partial charge in [0.1, 0.15) is 6.07 Å². The van der Waals surface area contributed by atoms with Gasteiger partial charge in [0.15, 0.2) is 0 Å². The van der Waals surface area contributed by atoms with Crippen LogP contribution in [0.15, 0.2) is 29.0 Å². The number of fused-ring (bicyclic) bond motifs is 1. The molecule has 0 aliphatic heterocycles. The van der Waals surface area contributed by atoms with Crippen LogP contribution in [0.5, 0.6) is 0 Å². The molecule has 0 saturated carbocycles. The lowest BCUT2D eigenvalue weighted by molar-refractivity contribution is 1.18. The zero-order valence-corrected chi connectivity index (χ0v) is 8.67. The van der Waals surface area contributed by atoms with E-state index in [1.807, 2.05) is 35.9 Å². The van der Waals surface area contributed by atoms with E-state index in [1.165, 1.54) is 0 Å². The summed E-state index contributed by atoms with van der Waals surface area (Å²) < 4.78 is 2.97. The molecular formula is C10H7BrN2. The summed E-state index contributed by atoms with van der Waals surface area (Å²) in [5.74, 6) is 0. The van der Waals surface area contributed by atoms with E-state index in [4.69, 9.17) is 5.26 Å². The Hall–Kier alpha value is -1.27. The zero-order chi connectivity index (χ0) is 9.42. The molecule has 0 spiro atoms. The van der Waals surface area contributed by atoms with Crippen molar-refractivity contribution in [2.24, 2.45) is 0 Å². The molecule has 0 unspecified atom stereocenters. The summed E-state index contributed by atoms with van der Waals surface area (Å²) in [6.45, 7) is 1.94. The maximum atomic E-state index is 8.90. The predicted octanol–water partition coefficient (Wildman–Crippen LogP) is 2.88. The molecule has 2 rings (SSSR count). The number of nitriles is 1. The number of nitrogens with zero attached hydrogens (tertiary/aromatic N) is 2. The molecule has 2 aromatic heterocycles. The molecule has 2 nitrogen and oxygen atoms in total. The van der Waals surface area contributed by atoms with Gasteiger partial charge in [0, 0.05) is 16.9 Å². The number of aromatic nitrogens is 1. The predicted molar refractivity (Wildman–Crippen MR) is 54.5 cm³/mol. The fourth-order valence-corrected chi connectivity index (χ4v) is 1.78. The van der Waals surface area contributed by atoms with Crippen LogP contribution < -0.4 is 0 Å². The number of hydrogen-bond acceptors (Lipinski definition) is 1. The largest absolute Gasteiger partial charge is 0.321 e. The maximum Gasteiger partial charge on any atom is 0.102 e. The highest BCUT2D eigenvalue weighted by Gasteiger charge is 2.05. The summed E-state index contributed by atoms with van der Waals surface area (Å²) in [4.78, 5) is 0. The third-order valence-electron chi connectivity index (χ3n) is 2.04. The number of hydrogen-bond donors (Lipinski definition) is 0. The van der Waals surface area contributed by atoms with Crippen molar-refractivity contribution in [2.45, 2.75) is 6.92 Å². The van der Waals surface area contributed by atoms with Gasteiger partial charge in [0.2, 0.25) is 0 Å². The van der Waals surface area contributed by atoms with Crippen LogP contribution in [0.2, 0.25) is 0 Å². The minimum atomic E-state index is 0.757. The fourth-order valence-electron chi connectivity index (χ4n) is 1.43. The maximum absolute atomic E-state index is 8.90. The molecule has 2 heterocycles. The van der Waals surface area contributed by atoms with Crippen LogP contribution >= 0.6 is 15.9 Å². The first-order chi connectivity index (χ1) is 6.22. The fraction of sp³-hybridized carbons (Fsp3) is 0.100. The summed E-state index contributed by atoms with van der Waals surface area (Å²) >= 11 is 3.38. The summed E-state index contributed by atoms with van der Waals surface area (Å²) in [6, 6.07) is 6.08. The van der Waals surface area contributed by atoms with Gasteiger partial charge in [-0.3, -0.25) is 0 Å². The first kappa shape index (κ1) is 8.33. The Balaban J connectivity index is 2.88. The smallest absolute Gasteiger partial charge is 0.102 e. The van der Waals surface area contributed by atoms with E-state index >= 15 is 0 Å². The molecule has 64 valence electrons. The molecule has 0 aromatic carbocycles. The van der Waals surface area contributed by atoms with Crippen LogP contribution in [-0.4, -0.2) is 4.40 Å². The molecule has 3 heteroatoms.